The lowest BCUT2D eigenvalue weighted by molar-refractivity contribution is -0.138. The number of nitrogens with zero attached hydrogens (tertiary/aromatic N) is 4. The molecule has 0 bridgehead atoms. The van der Waals surface area contributed by atoms with Crippen molar-refractivity contribution in [2.75, 3.05) is 0 Å². The summed E-state index contributed by atoms with van der Waals surface area (Å²) in [6.07, 6.45) is 1.45. The molecule has 21 heavy (non-hydrogen) atoms. The molecule has 1 aromatic heterocycles. The van der Waals surface area contributed by atoms with Gasteiger partial charge in [-0.1, -0.05) is 24.3 Å². The van der Waals surface area contributed by atoms with E-state index >= 15 is 0 Å². The van der Waals surface area contributed by atoms with Crippen LogP contribution < -0.4 is 0 Å². The van der Waals surface area contributed by atoms with Crippen LogP contribution in [-0.4, -0.2) is 20.6 Å². The van der Waals surface area contributed by atoms with Gasteiger partial charge in [0.2, 0.25) is 0 Å². The van der Waals surface area contributed by atoms with E-state index in [2.05, 4.69) is 4.98 Å². The Bertz CT molecular complexity index is 747. The van der Waals surface area contributed by atoms with Crippen LogP contribution in [0.4, 0.5) is 0 Å². The van der Waals surface area contributed by atoms with E-state index in [0.717, 1.165) is 11.1 Å². The highest BCUT2D eigenvalue weighted by atomic mass is 16.4. The first-order valence-corrected chi connectivity index (χ1v) is 6.23. The van der Waals surface area contributed by atoms with Crippen LogP contribution >= 0.6 is 0 Å². The predicted molar refractivity (Wildman–Crippen MR) is 73.3 cm³/mol. The first kappa shape index (κ1) is 14.3. The van der Waals surface area contributed by atoms with Gasteiger partial charge in [-0.25, -0.2) is 4.98 Å². The van der Waals surface area contributed by atoms with Gasteiger partial charge in [0, 0.05) is 6.54 Å². The maximum absolute atomic E-state index is 10.9. The standard InChI is InChI=1S/C15H12N4O2/c1-10(15(20)21)12-4-2-11(3-5-12)8-19-9-18-13(6-16)14(19)7-17/h2-5,9-10H,8H2,1H3,(H,20,21). The smallest absolute Gasteiger partial charge is 0.310 e. The van der Waals surface area contributed by atoms with Crippen molar-refractivity contribution in [1.82, 2.24) is 9.55 Å². The van der Waals surface area contributed by atoms with Gasteiger partial charge in [0.15, 0.2) is 11.4 Å². The van der Waals surface area contributed by atoms with Crippen molar-refractivity contribution in [3.8, 4) is 12.1 Å². The summed E-state index contributed by atoms with van der Waals surface area (Å²) in [4.78, 5) is 14.8. The second kappa shape index (κ2) is 5.89. The Kier molecular flexibility index (Phi) is 4.01. The summed E-state index contributed by atoms with van der Waals surface area (Å²) in [7, 11) is 0. The summed E-state index contributed by atoms with van der Waals surface area (Å²) < 4.78 is 1.59. The van der Waals surface area contributed by atoms with Gasteiger partial charge in [-0.15, -0.1) is 0 Å². The highest BCUT2D eigenvalue weighted by Crippen LogP contribution is 2.17. The fourth-order valence-corrected chi connectivity index (χ4v) is 1.95. The molecule has 0 radical (unpaired) electrons. The van der Waals surface area contributed by atoms with Crippen molar-refractivity contribution in [2.45, 2.75) is 19.4 Å². The van der Waals surface area contributed by atoms with Crippen LogP contribution in [-0.2, 0) is 11.3 Å². The third-order valence-corrected chi connectivity index (χ3v) is 3.25. The Labute approximate surface area is 121 Å². The van der Waals surface area contributed by atoms with E-state index in [-0.39, 0.29) is 11.4 Å². The molecule has 1 unspecified atom stereocenters. The lowest BCUT2D eigenvalue weighted by atomic mass is 10.00. The Morgan fingerprint density at radius 1 is 1.33 bits per heavy atom. The Morgan fingerprint density at radius 2 is 2.00 bits per heavy atom. The molecular formula is C15H12N4O2. The predicted octanol–water partition coefficient (Wildman–Crippen LogP) is 1.86. The van der Waals surface area contributed by atoms with Crippen molar-refractivity contribution in [2.24, 2.45) is 0 Å². The lowest BCUT2D eigenvalue weighted by Crippen LogP contribution is -2.07. The molecule has 1 heterocycles. The molecule has 1 atom stereocenters. The van der Waals surface area contributed by atoms with Crippen LogP contribution in [0.2, 0.25) is 0 Å². The van der Waals surface area contributed by atoms with Crippen molar-refractivity contribution in [3.63, 3.8) is 0 Å². The highest BCUT2D eigenvalue weighted by Gasteiger charge is 2.14. The van der Waals surface area contributed by atoms with Crippen LogP contribution in [0.1, 0.15) is 35.4 Å². The largest absolute Gasteiger partial charge is 0.481 e. The number of aliphatic carboxylic acids is 1. The number of benzene rings is 1. The Hall–Kier alpha value is -3.12. The van der Waals surface area contributed by atoms with Gasteiger partial charge in [-0.2, -0.15) is 10.5 Å². The number of imidazole rings is 1. The van der Waals surface area contributed by atoms with Gasteiger partial charge in [-0.05, 0) is 18.1 Å². The molecule has 0 amide bonds. The zero-order valence-corrected chi connectivity index (χ0v) is 11.3. The zero-order chi connectivity index (χ0) is 15.4. The first-order valence-electron chi connectivity index (χ1n) is 6.23. The molecule has 1 N–H and O–H groups in total. The third-order valence-electron chi connectivity index (χ3n) is 3.25. The molecule has 6 heteroatoms. The summed E-state index contributed by atoms with van der Waals surface area (Å²) in [6.45, 7) is 2.03. The van der Waals surface area contributed by atoms with E-state index in [1.165, 1.54) is 6.33 Å². The zero-order valence-electron chi connectivity index (χ0n) is 11.3. The number of carboxylic acids is 1. The van der Waals surface area contributed by atoms with Crippen LogP contribution in [0.5, 0.6) is 0 Å². The fourth-order valence-electron chi connectivity index (χ4n) is 1.95. The van der Waals surface area contributed by atoms with E-state index in [1.807, 2.05) is 24.3 Å². The van der Waals surface area contributed by atoms with Crippen molar-refractivity contribution in [3.05, 3.63) is 53.1 Å². The molecule has 104 valence electrons. The normalized spacial score (nSPS) is 11.4. The monoisotopic (exact) mass is 280 g/mol. The summed E-state index contributed by atoms with van der Waals surface area (Å²) in [5, 5.41) is 26.9. The molecule has 6 nitrogen and oxygen atoms in total. The quantitative estimate of drug-likeness (QED) is 0.920. The molecule has 2 rings (SSSR count). The molecule has 0 fully saturated rings. The van der Waals surface area contributed by atoms with Crippen LogP contribution in [0.3, 0.4) is 0 Å². The number of rotatable bonds is 4. The number of aromatic nitrogens is 2. The van der Waals surface area contributed by atoms with E-state index in [4.69, 9.17) is 15.6 Å². The average Bonchev–Trinajstić information content (AvgIpc) is 2.89. The second-order valence-corrected chi connectivity index (χ2v) is 4.59. The molecule has 1 aromatic carbocycles. The number of nitriles is 2. The average molecular weight is 280 g/mol. The molecule has 2 aromatic rings. The molecule has 0 aliphatic carbocycles. The minimum atomic E-state index is -0.872. The van der Waals surface area contributed by atoms with Crippen LogP contribution in [0, 0.1) is 22.7 Å². The lowest BCUT2D eigenvalue weighted by Gasteiger charge is -2.08. The van der Waals surface area contributed by atoms with Gasteiger partial charge >= 0.3 is 5.97 Å². The maximum atomic E-state index is 10.9. The van der Waals surface area contributed by atoms with E-state index in [0.29, 0.717) is 6.54 Å². The van der Waals surface area contributed by atoms with E-state index in [1.54, 1.807) is 23.6 Å². The highest BCUT2D eigenvalue weighted by molar-refractivity contribution is 5.75. The van der Waals surface area contributed by atoms with E-state index in [9.17, 15) is 4.79 Å². The molecule has 0 saturated carbocycles. The molecule has 0 aliphatic heterocycles. The second-order valence-electron chi connectivity index (χ2n) is 4.59. The molecule has 0 saturated heterocycles. The Balaban J connectivity index is 2.22. The maximum Gasteiger partial charge on any atom is 0.310 e. The number of hydrogen-bond donors (Lipinski definition) is 1. The van der Waals surface area contributed by atoms with Crippen molar-refractivity contribution >= 4 is 5.97 Å². The number of carbonyl (C=O) groups is 1. The summed E-state index contributed by atoms with van der Waals surface area (Å²) in [6, 6.07) is 10.9. The van der Waals surface area contributed by atoms with E-state index < -0.39 is 11.9 Å². The number of carboxylic acid groups (broad SMARTS) is 1. The molecular weight excluding hydrogens is 268 g/mol. The van der Waals surface area contributed by atoms with Gasteiger partial charge in [-0.3, -0.25) is 4.79 Å². The third kappa shape index (κ3) is 2.90. The minimum absolute atomic E-state index is 0.105. The van der Waals surface area contributed by atoms with Crippen LogP contribution in [0.25, 0.3) is 0 Å². The van der Waals surface area contributed by atoms with Gasteiger partial charge < -0.3 is 9.67 Å². The minimum Gasteiger partial charge on any atom is -0.481 e. The van der Waals surface area contributed by atoms with Crippen molar-refractivity contribution < 1.29 is 9.90 Å². The van der Waals surface area contributed by atoms with Gasteiger partial charge in [0.05, 0.1) is 12.2 Å². The van der Waals surface area contributed by atoms with Crippen LogP contribution in [0.15, 0.2) is 30.6 Å². The topological polar surface area (TPSA) is 103 Å². The van der Waals surface area contributed by atoms with Gasteiger partial charge in [0.1, 0.15) is 12.1 Å². The summed E-state index contributed by atoms with van der Waals surface area (Å²) in [5.74, 6) is -1.44. The molecule has 0 aliphatic rings. The van der Waals surface area contributed by atoms with Crippen molar-refractivity contribution in [1.29, 1.82) is 10.5 Å². The first-order chi connectivity index (χ1) is 10.1. The summed E-state index contributed by atoms with van der Waals surface area (Å²) >= 11 is 0. The number of hydrogen-bond acceptors (Lipinski definition) is 4. The summed E-state index contributed by atoms with van der Waals surface area (Å²) in [5.41, 5.74) is 1.94. The van der Waals surface area contributed by atoms with Gasteiger partial charge in [0.25, 0.3) is 0 Å². The SMILES string of the molecule is CC(C(=O)O)c1ccc(Cn2cnc(C#N)c2C#N)cc1. The Morgan fingerprint density at radius 3 is 2.52 bits per heavy atom. The molecule has 0 spiro atoms. The fraction of sp³-hybridized carbons (Fsp3) is 0.200.